The topological polar surface area (TPSA) is 25.2 Å². The van der Waals surface area contributed by atoms with Crippen molar-refractivity contribution in [3.8, 4) is 0 Å². The first-order valence-corrected chi connectivity index (χ1v) is 6.68. The lowest BCUT2D eigenvalue weighted by Crippen LogP contribution is -2.47. The lowest BCUT2D eigenvalue weighted by Gasteiger charge is -2.43. The summed E-state index contributed by atoms with van der Waals surface area (Å²) in [7, 11) is 0. The van der Waals surface area contributed by atoms with E-state index in [1.807, 2.05) is 10.6 Å². The molecule has 0 amide bonds. The van der Waals surface area contributed by atoms with Crippen LogP contribution in [-0.2, 0) is 6.54 Å². The highest BCUT2D eigenvalue weighted by Gasteiger charge is 2.34. The molecule has 2 bridgehead atoms. The number of pyridine rings is 1. The van der Waals surface area contributed by atoms with E-state index in [0.717, 1.165) is 31.7 Å². The molecule has 90 valence electrons. The van der Waals surface area contributed by atoms with Crippen LogP contribution in [0.2, 0.25) is 0 Å². The summed E-state index contributed by atoms with van der Waals surface area (Å²) in [4.78, 5) is 14.0. The van der Waals surface area contributed by atoms with Crippen LogP contribution in [0.3, 0.4) is 0 Å². The van der Waals surface area contributed by atoms with Crippen LogP contribution in [-0.4, -0.2) is 26.9 Å². The van der Waals surface area contributed by atoms with Crippen molar-refractivity contribution in [2.75, 3.05) is 13.1 Å². The van der Waals surface area contributed by atoms with Gasteiger partial charge < -0.3 is 9.47 Å². The summed E-state index contributed by atoms with van der Waals surface area (Å²) in [5.41, 5.74) is 1.28. The van der Waals surface area contributed by atoms with Crippen LogP contribution in [0, 0.1) is 5.92 Å². The highest BCUT2D eigenvalue weighted by Crippen LogP contribution is 2.35. The standard InChI is InChI=1S/C12H14N2OS2/c15-11-3-1-2-10-9-4-8(6-14(10)11)5-13(7-9)12(16)17/h1-3,8-9H,4-7H2,(H,16,17). The number of likely N-dealkylation sites (tertiary alicyclic amines) is 1. The predicted octanol–water partition coefficient (Wildman–Crippen LogP) is 1.48. The van der Waals surface area contributed by atoms with E-state index < -0.39 is 0 Å². The molecule has 0 spiro atoms. The Hall–Kier alpha value is -0.810. The van der Waals surface area contributed by atoms with Gasteiger partial charge in [0.05, 0.1) is 0 Å². The number of thiocarbonyl (C=S) groups is 1. The first kappa shape index (κ1) is 11.3. The minimum atomic E-state index is 0.124. The van der Waals surface area contributed by atoms with Gasteiger partial charge in [0.15, 0.2) is 0 Å². The fourth-order valence-corrected chi connectivity index (χ4v) is 3.37. The molecular formula is C12H14N2OS2. The summed E-state index contributed by atoms with van der Waals surface area (Å²) in [6, 6.07) is 5.56. The molecule has 2 aliphatic heterocycles. The van der Waals surface area contributed by atoms with E-state index in [4.69, 9.17) is 12.2 Å². The molecule has 1 aromatic heterocycles. The molecule has 0 saturated carbocycles. The lowest BCUT2D eigenvalue weighted by atomic mass is 9.83. The van der Waals surface area contributed by atoms with Gasteiger partial charge in [-0.25, -0.2) is 0 Å². The maximum Gasteiger partial charge on any atom is 0.250 e. The average Bonchev–Trinajstić information content (AvgIpc) is 2.30. The minimum Gasteiger partial charge on any atom is -0.357 e. The van der Waals surface area contributed by atoms with Crippen LogP contribution in [0.5, 0.6) is 0 Å². The number of piperidine rings is 1. The Balaban J connectivity index is 2.01. The fourth-order valence-electron chi connectivity index (χ4n) is 3.05. The second kappa shape index (κ2) is 4.14. The van der Waals surface area contributed by atoms with Crippen molar-refractivity contribution < 1.29 is 0 Å². The Morgan fingerprint density at radius 2 is 2.18 bits per heavy atom. The zero-order valence-corrected chi connectivity index (χ0v) is 11.1. The molecule has 2 aliphatic rings. The maximum absolute atomic E-state index is 11.8. The monoisotopic (exact) mass is 266 g/mol. The second-order valence-electron chi connectivity index (χ2n) is 4.89. The predicted molar refractivity (Wildman–Crippen MR) is 74.7 cm³/mol. The first-order chi connectivity index (χ1) is 8.15. The molecule has 0 aliphatic carbocycles. The summed E-state index contributed by atoms with van der Waals surface area (Å²) in [5, 5.41) is 0. The van der Waals surface area contributed by atoms with Crippen molar-refractivity contribution in [2.24, 2.45) is 5.92 Å². The molecule has 0 aromatic carbocycles. The normalized spacial score (nSPS) is 26.5. The van der Waals surface area contributed by atoms with Crippen LogP contribution in [0.25, 0.3) is 0 Å². The summed E-state index contributed by atoms with van der Waals surface area (Å²) in [6.07, 6.45) is 1.16. The van der Waals surface area contributed by atoms with Crippen molar-refractivity contribution in [3.05, 3.63) is 34.2 Å². The highest BCUT2D eigenvalue weighted by atomic mass is 32.1. The number of fused-ring (bicyclic) bond motifs is 4. The van der Waals surface area contributed by atoms with Crippen LogP contribution in [0.1, 0.15) is 18.0 Å². The first-order valence-electron chi connectivity index (χ1n) is 5.83. The largest absolute Gasteiger partial charge is 0.357 e. The van der Waals surface area contributed by atoms with E-state index in [2.05, 4.69) is 23.6 Å². The molecule has 5 heteroatoms. The van der Waals surface area contributed by atoms with E-state index in [0.29, 0.717) is 16.2 Å². The van der Waals surface area contributed by atoms with Gasteiger partial charge in [0.2, 0.25) is 0 Å². The highest BCUT2D eigenvalue weighted by molar-refractivity contribution is 8.10. The molecule has 0 N–H and O–H groups in total. The van der Waals surface area contributed by atoms with Crippen LogP contribution in [0.4, 0.5) is 0 Å². The van der Waals surface area contributed by atoms with E-state index >= 15 is 0 Å². The third kappa shape index (κ3) is 1.91. The van der Waals surface area contributed by atoms with Gasteiger partial charge in [0, 0.05) is 37.3 Å². The van der Waals surface area contributed by atoms with Crippen molar-refractivity contribution in [3.63, 3.8) is 0 Å². The smallest absolute Gasteiger partial charge is 0.250 e. The lowest BCUT2D eigenvalue weighted by molar-refractivity contribution is 0.183. The number of aromatic nitrogens is 1. The van der Waals surface area contributed by atoms with Crippen LogP contribution >= 0.6 is 24.8 Å². The van der Waals surface area contributed by atoms with E-state index in [1.165, 1.54) is 0 Å². The van der Waals surface area contributed by atoms with Gasteiger partial charge in [-0.2, -0.15) is 0 Å². The van der Waals surface area contributed by atoms with E-state index in [1.54, 1.807) is 6.07 Å². The van der Waals surface area contributed by atoms with Crippen molar-refractivity contribution in [2.45, 2.75) is 18.9 Å². The number of nitrogens with zero attached hydrogens (tertiary/aromatic N) is 2. The number of hydrogen-bond acceptors (Lipinski definition) is 2. The van der Waals surface area contributed by atoms with Gasteiger partial charge in [0.25, 0.3) is 5.56 Å². The Bertz CT molecular complexity index is 525. The molecule has 1 saturated heterocycles. The summed E-state index contributed by atoms with van der Waals surface area (Å²) in [5.74, 6) is 0.938. The molecule has 2 unspecified atom stereocenters. The van der Waals surface area contributed by atoms with Gasteiger partial charge in [-0.05, 0) is 18.4 Å². The van der Waals surface area contributed by atoms with Crippen molar-refractivity contribution in [1.82, 2.24) is 9.47 Å². The quantitative estimate of drug-likeness (QED) is 0.569. The van der Waals surface area contributed by atoms with Gasteiger partial charge in [-0.15, -0.1) is 12.6 Å². The molecule has 2 atom stereocenters. The Morgan fingerprint density at radius 1 is 1.35 bits per heavy atom. The maximum atomic E-state index is 11.8. The van der Waals surface area contributed by atoms with Gasteiger partial charge >= 0.3 is 0 Å². The molecule has 3 rings (SSSR count). The molecule has 1 fully saturated rings. The Labute approximate surface area is 111 Å². The number of thiol groups is 1. The summed E-state index contributed by atoms with van der Waals surface area (Å²) >= 11 is 9.40. The average molecular weight is 266 g/mol. The molecule has 0 radical (unpaired) electrons. The third-order valence-corrected chi connectivity index (χ3v) is 4.29. The second-order valence-corrected chi connectivity index (χ2v) is 6.00. The fraction of sp³-hybridized carbons (Fsp3) is 0.500. The molecule has 3 nitrogen and oxygen atoms in total. The van der Waals surface area contributed by atoms with Crippen LogP contribution in [0.15, 0.2) is 23.0 Å². The SMILES string of the molecule is O=c1cccc2n1CC1CC2CN(C(=S)S)C1. The summed E-state index contributed by atoms with van der Waals surface area (Å²) in [6.45, 7) is 2.64. The van der Waals surface area contributed by atoms with E-state index in [9.17, 15) is 4.79 Å². The zero-order valence-electron chi connectivity index (χ0n) is 9.37. The van der Waals surface area contributed by atoms with Crippen LogP contribution < -0.4 is 5.56 Å². The number of rotatable bonds is 0. The van der Waals surface area contributed by atoms with Gasteiger partial charge in [-0.3, -0.25) is 4.79 Å². The van der Waals surface area contributed by atoms with Gasteiger partial charge in [0.1, 0.15) is 4.32 Å². The van der Waals surface area contributed by atoms with Gasteiger partial charge in [-0.1, -0.05) is 18.3 Å². The minimum absolute atomic E-state index is 0.124. The molecule has 17 heavy (non-hydrogen) atoms. The molecular weight excluding hydrogens is 252 g/mol. The van der Waals surface area contributed by atoms with Crippen molar-refractivity contribution >= 4 is 29.2 Å². The Morgan fingerprint density at radius 3 is 2.94 bits per heavy atom. The summed E-state index contributed by atoms with van der Waals surface area (Å²) < 4.78 is 2.60. The van der Waals surface area contributed by atoms with E-state index in [-0.39, 0.29) is 5.56 Å². The van der Waals surface area contributed by atoms with Crippen molar-refractivity contribution in [1.29, 1.82) is 0 Å². The number of hydrogen-bond donors (Lipinski definition) is 1. The molecule has 3 heterocycles. The molecule has 1 aromatic rings. The zero-order chi connectivity index (χ0) is 12.0. The third-order valence-electron chi connectivity index (χ3n) is 3.75. The Kier molecular flexibility index (Phi) is 2.75.